The first kappa shape index (κ1) is 13.3. The Hall–Kier alpha value is -1.65. The molecule has 5 nitrogen and oxygen atoms in total. The zero-order valence-electron chi connectivity index (χ0n) is 12.5. The zero-order valence-corrected chi connectivity index (χ0v) is 12.5. The molecule has 2 aromatic heterocycles. The number of aryl methyl sites for hydroxylation is 2. The lowest BCUT2D eigenvalue weighted by Gasteiger charge is -2.17. The Balaban J connectivity index is 1.80. The number of rotatable bonds is 3. The highest BCUT2D eigenvalue weighted by molar-refractivity contribution is 5.10. The van der Waals surface area contributed by atoms with Crippen LogP contribution in [-0.4, -0.2) is 19.9 Å². The Morgan fingerprint density at radius 3 is 2.65 bits per heavy atom. The molecule has 1 aliphatic rings. The third-order valence-corrected chi connectivity index (χ3v) is 4.20. The number of hydrogen-bond acceptors (Lipinski definition) is 4. The summed E-state index contributed by atoms with van der Waals surface area (Å²) in [5.41, 5.74) is 2.13. The highest BCUT2D eigenvalue weighted by Gasteiger charge is 2.24. The van der Waals surface area contributed by atoms with Crippen LogP contribution in [0.4, 0.5) is 0 Å². The standard InChI is InChI=1S/C15H22N4O/c1-10-9-11(2)19(17-10)12(3)15-16-14(18-20-15)13-7-5-4-6-8-13/h9,12-13H,4-8H2,1-3H3. The summed E-state index contributed by atoms with van der Waals surface area (Å²) in [6.45, 7) is 6.10. The molecule has 0 amide bonds. The molecule has 0 aromatic carbocycles. The summed E-state index contributed by atoms with van der Waals surface area (Å²) < 4.78 is 7.43. The molecular formula is C15H22N4O. The third kappa shape index (κ3) is 2.49. The van der Waals surface area contributed by atoms with Gasteiger partial charge in [0.05, 0.1) is 5.69 Å². The van der Waals surface area contributed by atoms with Crippen molar-refractivity contribution in [2.75, 3.05) is 0 Å². The summed E-state index contributed by atoms with van der Waals surface area (Å²) in [6.07, 6.45) is 6.27. The molecule has 0 spiro atoms. The second-order valence-electron chi connectivity index (χ2n) is 5.87. The molecule has 1 atom stereocenters. The molecule has 0 saturated heterocycles. The van der Waals surface area contributed by atoms with Crippen LogP contribution in [0.2, 0.25) is 0 Å². The normalized spacial score (nSPS) is 18.4. The van der Waals surface area contributed by atoms with Gasteiger partial charge in [0, 0.05) is 11.6 Å². The molecule has 0 bridgehead atoms. The van der Waals surface area contributed by atoms with Crippen molar-refractivity contribution in [2.24, 2.45) is 0 Å². The predicted molar refractivity (Wildman–Crippen MR) is 75.6 cm³/mol. The van der Waals surface area contributed by atoms with E-state index in [1.165, 1.54) is 32.1 Å². The average Bonchev–Trinajstić information content (AvgIpc) is 3.06. The Morgan fingerprint density at radius 1 is 1.25 bits per heavy atom. The monoisotopic (exact) mass is 274 g/mol. The molecule has 1 fully saturated rings. The maximum absolute atomic E-state index is 5.48. The highest BCUT2D eigenvalue weighted by Crippen LogP contribution is 2.31. The number of hydrogen-bond donors (Lipinski definition) is 0. The van der Waals surface area contributed by atoms with Crippen molar-refractivity contribution in [3.05, 3.63) is 29.2 Å². The Kier molecular flexibility index (Phi) is 3.59. The maximum Gasteiger partial charge on any atom is 0.251 e. The lowest BCUT2D eigenvalue weighted by molar-refractivity contribution is 0.325. The zero-order chi connectivity index (χ0) is 14.1. The SMILES string of the molecule is Cc1cc(C)n(C(C)c2nc(C3CCCCC3)no2)n1. The number of nitrogens with zero attached hydrogens (tertiary/aromatic N) is 4. The molecule has 2 aromatic rings. The molecule has 1 unspecified atom stereocenters. The molecular weight excluding hydrogens is 252 g/mol. The van der Waals surface area contributed by atoms with Gasteiger partial charge in [-0.25, -0.2) is 0 Å². The summed E-state index contributed by atoms with van der Waals surface area (Å²) >= 11 is 0. The van der Waals surface area contributed by atoms with Crippen LogP contribution in [0.25, 0.3) is 0 Å². The second-order valence-corrected chi connectivity index (χ2v) is 5.87. The Bertz CT molecular complexity index is 580. The van der Waals surface area contributed by atoms with Crippen LogP contribution in [0.1, 0.15) is 74.1 Å². The van der Waals surface area contributed by atoms with Gasteiger partial charge in [-0.2, -0.15) is 10.1 Å². The van der Waals surface area contributed by atoms with Crippen molar-refractivity contribution in [3.8, 4) is 0 Å². The van der Waals surface area contributed by atoms with Crippen molar-refractivity contribution < 1.29 is 4.52 Å². The van der Waals surface area contributed by atoms with E-state index in [-0.39, 0.29) is 6.04 Å². The summed E-state index contributed by atoms with van der Waals surface area (Å²) in [7, 11) is 0. The minimum Gasteiger partial charge on any atom is -0.337 e. The van der Waals surface area contributed by atoms with E-state index in [9.17, 15) is 0 Å². The van der Waals surface area contributed by atoms with Crippen LogP contribution < -0.4 is 0 Å². The quantitative estimate of drug-likeness (QED) is 0.859. The van der Waals surface area contributed by atoms with Gasteiger partial charge >= 0.3 is 0 Å². The molecule has 3 rings (SSSR count). The summed E-state index contributed by atoms with van der Waals surface area (Å²) in [4.78, 5) is 4.62. The molecule has 1 saturated carbocycles. The minimum absolute atomic E-state index is 0.00598. The summed E-state index contributed by atoms with van der Waals surface area (Å²) in [5, 5.41) is 8.69. The third-order valence-electron chi connectivity index (χ3n) is 4.20. The Morgan fingerprint density at radius 2 is 2.00 bits per heavy atom. The van der Waals surface area contributed by atoms with Crippen LogP contribution in [0.5, 0.6) is 0 Å². The van der Waals surface area contributed by atoms with Gasteiger partial charge in [0.25, 0.3) is 5.89 Å². The van der Waals surface area contributed by atoms with Gasteiger partial charge in [0.2, 0.25) is 0 Å². The maximum atomic E-state index is 5.48. The average molecular weight is 274 g/mol. The van der Waals surface area contributed by atoms with Gasteiger partial charge in [0.15, 0.2) is 5.82 Å². The van der Waals surface area contributed by atoms with Crippen molar-refractivity contribution in [1.29, 1.82) is 0 Å². The fourth-order valence-electron chi connectivity index (χ4n) is 3.09. The molecule has 108 valence electrons. The Labute approximate surface area is 119 Å². The van der Waals surface area contributed by atoms with Gasteiger partial charge in [-0.1, -0.05) is 24.4 Å². The molecule has 0 radical (unpaired) electrons. The van der Waals surface area contributed by atoms with E-state index in [1.807, 2.05) is 11.6 Å². The molecule has 1 aliphatic carbocycles. The first-order chi connectivity index (χ1) is 9.65. The van der Waals surface area contributed by atoms with Crippen LogP contribution in [-0.2, 0) is 0 Å². The van der Waals surface area contributed by atoms with E-state index in [2.05, 4.69) is 35.2 Å². The van der Waals surface area contributed by atoms with Crippen molar-refractivity contribution in [1.82, 2.24) is 19.9 Å². The lowest BCUT2D eigenvalue weighted by Crippen LogP contribution is -2.11. The van der Waals surface area contributed by atoms with E-state index in [0.29, 0.717) is 11.8 Å². The van der Waals surface area contributed by atoms with Gasteiger partial charge in [0.1, 0.15) is 6.04 Å². The molecule has 0 N–H and O–H groups in total. The van der Waals surface area contributed by atoms with Crippen LogP contribution in [0, 0.1) is 13.8 Å². The second kappa shape index (κ2) is 5.38. The fraction of sp³-hybridized carbons (Fsp3) is 0.667. The van der Waals surface area contributed by atoms with Crippen LogP contribution in [0.15, 0.2) is 10.6 Å². The van der Waals surface area contributed by atoms with E-state index in [0.717, 1.165) is 17.2 Å². The minimum atomic E-state index is -0.00598. The van der Waals surface area contributed by atoms with Gasteiger partial charge < -0.3 is 4.52 Å². The van der Waals surface area contributed by atoms with Crippen molar-refractivity contribution in [3.63, 3.8) is 0 Å². The van der Waals surface area contributed by atoms with Gasteiger partial charge in [-0.15, -0.1) is 0 Å². The van der Waals surface area contributed by atoms with E-state index < -0.39 is 0 Å². The first-order valence-electron chi connectivity index (χ1n) is 7.51. The molecule has 0 aliphatic heterocycles. The van der Waals surface area contributed by atoms with Crippen LogP contribution in [0.3, 0.4) is 0 Å². The van der Waals surface area contributed by atoms with Crippen molar-refractivity contribution >= 4 is 0 Å². The topological polar surface area (TPSA) is 56.7 Å². The van der Waals surface area contributed by atoms with Crippen LogP contribution >= 0.6 is 0 Å². The summed E-state index contributed by atoms with van der Waals surface area (Å²) in [5.74, 6) is 2.03. The number of aromatic nitrogens is 4. The molecule has 20 heavy (non-hydrogen) atoms. The van der Waals surface area contributed by atoms with E-state index in [1.54, 1.807) is 0 Å². The predicted octanol–water partition coefficient (Wildman–Crippen LogP) is 3.54. The van der Waals surface area contributed by atoms with Crippen molar-refractivity contribution in [2.45, 2.75) is 64.8 Å². The van der Waals surface area contributed by atoms with E-state index in [4.69, 9.17) is 4.52 Å². The smallest absolute Gasteiger partial charge is 0.251 e. The lowest BCUT2D eigenvalue weighted by atomic mass is 9.89. The molecule has 2 heterocycles. The highest BCUT2D eigenvalue weighted by atomic mass is 16.5. The van der Waals surface area contributed by atoms with E-state index >= 15 is 0 Å². The van der Waals surface area contributed by atoms with Gasteiger partial charge in [-0.3, -0.25) is 4.68 Å². The first-order valence-corrected chi connectivity index (χ1v) is 7.51. The largest absolute Gasteiger partial charge is 0.337 e. The van der Waals surface area contributed by atoms with Gasteiger partial charge in [-0.05, 0) is 39.7 Å². The summed E-state index contributed by atoms with van der Waals surface area (Å²) in [6, 6.07) is 2.06. The fourth-order valence-corrected chi connectivity index (χ4v) is 3.09. The molecule has 5 heteroatoms.